The minimum absolute atomic E-state index is 0.163. The van der Waals surface area contributed by atoms with Gasteiger partial charge in [0, 0.05) is 12.3 Å². The van der Waals surface area contributed by atoms with Crippen molar-refractivity contribution in [3.63, 3.8) is 0 Å². The van der Waals surface area contributed by atoms with Crippen LogP contribution in [-0.4, -0.2) is 29.5 Å². The molecule has 8 heteroatoms. The summed E-state index contributed by atoms with van der Waals surface area (Å²) in [6.45, 7) is 0.570. The summed E-state index contributed by atoms with van der Waals surface area (Å²) < 4.78 is 45.3. The number of hydrogen-bond acceptors (Lipinski definition) is 4. The van der Waals surface area contributed by atoms with Crippen LogP contribution in [0, 0.1) is 0 Å². The number of nitrogens with zero attached hydrogens (tertiary/aromatic N) is 1. The highest BCUT2D eigenvalue weighted by atomic mass is 32.2. The van der Waals surface area contributed by atoms with E-state index >= 15 is 0 Å². The van der Waals surface area contributed by atoms with Crippen molar-refractivity contribution < 1.29 is 27.1 Å². The van der Waals surface area contributed by atoms with Crippen LogP contribution < -0.4 is 4.74 Å². The van der Waals surface area contributed by atoms with Crippen molar-refractivity contribution in [3.8, 4) is 5.75 Å². The summed E-state index contributed by atoms with van der Waals surface area (Å²) in [5.74, 6) is 0.316. The Morgan fingerprint density at radius 2 is 2.00 bits per heavy atom. The molecule has 1 aliphatic heterocycles. The Labute approximate surface area is 134 Å². The van der Waals surface area contributed by atoms with Crippen molar-refractivity contribution in [2.45, 2.75) is 11.7 Å². The van der Waals surface area contributed by atoms with Crippen LogP contribution in [0.2, 0.25) is 0 Å². The van der Waals surface area contributed by atoms with Gasteiger partial charge in [-0.1, -0.05) is 12.1 Å². The smallest absolute Gasteiger partial charge is 0.472 e. The van der Waals surface area contributed by atoms with Crippen LogP contribution in [0.15, 0.2) is 47.3 Å². The van der Waals surface area contributed by atoms with Gasteiger partial charge in [-0.25, -0.2) is 0 Å². The number of halogens is 3. The molecule has 2 aromatic rings. The normalized spacial score (nSPS) is 18.2. The third kappa shape index (κ3) is 3.64. The van der Waals surface area contributed by atoms with Crippen LogP contribution in [0.5, 0.6) is 5.75 Å². The summed E-state index contributed by atoms with van der Waals surface area (Å²) in [4.78, 5) is 14.1. The van der Waals surface area contributed by atoms with E-state index in [0.29, 0.717) is 12.1 Å². The molecule has 0 radical (unpaired) electrons. The number of amides is 1. The zero-order valence-electron chi connectivity index (χ0n) is 11.7. The summed E-state index contributed by atoms with van der Waals surface area (Å²) in [5.41, 5.74) is 1.20. The standard InChI is InChI=1S/C15H12F3NO3S/c16-15(17,18)22-12-3-1-10(2-4-12)14-19(6-8-23-14)13(20)11-5-7-21-9-11/h1-5,7,9,14H,6,8H2/t14-/m0/s1. The molecule has 1 saturated heterocycles. The van der Waals surface area contributed by atoms with Gasteiger partial charge >= 0.3 is 6.36 Å². The molecule has 0 bridgehead atoms. The van der Waals surface area contributed by atoms with E-state index in [1.165, 1.54) is 24.7 Å². The van der Waals surface area contributed by atoms with E-state index in [-0.39, 0.29) is 17.0 Å². The van der Waals surface area contributed by atoms with Crippen LogP contribution in [0.1, 0.15) is 21.3 Å². The molecule has 3 rings (SSSR count). The van der Waals surface area contributed by atoms with E-state index in [2.05, 4.69) is 4.74 Å². The SMILES string of the molecule is O=C(c1ccoc1)N1CCS[C@H]1c1ccc(OC(F)(F)F)cc1. The highest BCUT2D eigenvalue weighted by Crippen LogP contribution is 2.39. The van der Waals surface area contributed by atoms with E-state index < -0.39 is 6.36 Å². The van der Waals surface area contributed by atoms with Crippen molar-refractivity contribution in [1.29, 1.82) is 0 Å². The van der Waals surface area contributed by atoms with Crippen LogP contribution in [-0.2, 0) is 0 Å². The van der Waals surface area contributed by atoms with Crippen molar-refractivity contribution in [2.24, 2.45) is 0 Å². The minimum atomic E-state index is -4.72. The zero-order chi connectivity index (χ0) is 16.4. The number of ether oxygens (including phenoxy) is 1. The second-order valence-electron chi connectivity index (χ2n) is 4.85. The van der Waals surface area contributed by atoms with Gasteiger partial charge in [-0.05, 0) is 23.8 Å². The van der Waals surface area contributed by atoms with Gasteiger partial charge in [-0.3, -0.25) is 4.79 Å². The van der Waals surface area contributed by atoms with Gasteiger partial charge in [-0.15, -0.1) is 24.9 Å². The molecule has 1 amide bonds. The fourth-order valence-electron chi connectivity index (χ4n) is 2.34. The van der Waals surface area contributed by atoms with Crippen molar-refractivity contribution >= 4 is 17.7 Å². The first-order valence-electron chi connectivity index (χ1n) is 6.74. The van der Waals surface area contributed by atoms with Gasteiger partial charge in [-0.2, -0.15) is 0 Å². The first-order chi connectivity index (χ1) is 10.9. The monoisotopic (exact) mass is 343 g/mol. The quantitative estimate of drug-likeness (QED) is 0.843. The Morgan fingerprint density at radius 1 is 1.26 bits per heavy atom. The average Bonchev–Trinajstić information content (AvgIpc) is 3.17. The van der Waals surface area contributed by atoms with Crippen LogP contribution in [0.3, 0.4) is 0 Å². The highest BCUT2D eigenvalue weighted by molar-refractivity contribution is 7.99. The third-order valence-corrected chi connectivity index (χ3v) is 4.58. The number of furan rings is 1. The maximum atomic E-state index is 12.4. The van der Waals surface area contributed by atoms with Crippen molar-refractivity contribution in [3.05, 3.63) is 54.0 Å². The molecule has 1 aliphatic rings. The molecule has 4 nitrogen and oxygen atoms in total. The molecule has 23 heavy (non-hydrogen) atoms. The van der Waals surface area contributed by atoms with Gasteiger partial charge < -0.3 is 14.1 Å². The number of carbonyl (C=O) groups excluding carboxylic acids is 1. The Morgan fingerprint density at radius 3 is 2.61 bits per heavy atom. The second kappa shape index (κ2) is 6.19. The largest absolute Gasteiger partial charge is 0.573 e. The Kier molecular flexibility index (Phi) is 4.25. The first-order valence-corrected chi connectivity index (χ1v) is 7.79. The molecule has 1 aromatic heterocycles. The van der Waals surface area contributed by atoms with Gasteiger partial charge in [0.25, 0.3) is 5.91 Å². The molecule has 1 aromatic carbocycles. The number of benzene rings is 1. The number of hydrogen-bond donors (Lipinski definition) is 0. The summed E-state index contributed by atoms with van der Waals surface area (Å²) in [6, 6.07) is 7.17. The van der Waals surface area contributed by atoms with Crippen LogP contribution >= 0.6 is 11.8 Å². The predicted molar refractivity (Wildman–Crippen MR) is 78.1 cm³/mol. The van der Waals surface area contributed by atoms with Gasteiger partial charge in [0.05, 0.1) is 11.8 Å². The Balaban J connectivity index is 1.76. The number of rotatable bonds is 3. The molecule has 122 valence electrons. The first kappa shape index (κ1) is 15.8. The lowest BCUT2D eigenvalue weighted by molar-refractivity contribution is -0.274. The minimum Gasteiger partial charge on any atom is -0.472 e. The predicted octanol–water partition coefficient (Wildman–Crippen LogP) is 4.07. The van der Waals surface area contributed by atoms with Gasteiger partial charge in [0.1, 0.15) is 17.4 Å². The fourth-order valence-corrected chi connectivity index (χ4v) is 3.60. The zero-order valence-corrected chi connectivity index (χ0v) is 12.6. The molecular formula is C15H12F3NO3S. The third-order valence-electron chi connectivity index (χ3n) is 3.32. The molecule has 0 aliphatic carbocycles. The lowest BCUT2D eigenvalue weighted by Gasteiger charge is -2.23. The summed E-state index contributed by atoms with van der Waals surface area (Å²) in [5, 5.41) is -0.239. The average molecular weight is 343 g/mol. The Hall–Kier alpha value is -2.09. The maximum absolute atomic E-state index is 12.4. The molecule has 0 N–H and O–H groups in total. The molecule has 0 unspecified atom stereocenters. The molecular weight excluding hydrogens is 331 g/mol. The van der Waals surface area contributed by atoms with E-state index in [4.69, 9.17) is 4.42 Å². The second-order valence-corrected chi connectivity index (χ2v) is 6.04. The molecule has 0 spiro atoms. The van der Waals surface area contributed by atoms with Crippen molar-refractivity contribution in [1.82, 2.24) is 4.90 Å². The molecule has 1 fully saturated rings. The lowest BCUT2D eigenvalue weighted by atomic mass is 10.2. The maximum Gasteiger partial charge on any atom is 0.573 e. The molecule has 1 atom stereocenters. The Bertz CT molecular complexity index is 670. The number of thioether (sulfide) groups is 1. The summed E-state index contributed by atoms with van der Waals surface area (Å²) in [6.07, 6.45) is -1.91. The number of carbonyl (C=O) groups is 1. The van der Waals surface area contributed by atoms with Gasteiger partial charge in [0.15, 0.2) is 0 Å². The van der Waals surface area contributed by atoms with E-state index in [9.17, 15) is 18.0 Å². The van der Waals surface area contributed by atoms with Crippen molar-refractivity contribution in [2.75, 3.05) is 12.3 Å². The topological polar surface area (TPSA) is 42.7 Å². The summed E-state index contributed by atoms with van der Waals surface area (Å²) in [7, 11) is 0. The lowest BCUT2D eigenvalue weighted by Crippen LogP contribution is -2.30. The van der Waals surface area contributed by atoms with E-state index in [1.54, 1.807) is 34.9 Å². The molecule has 2 heterocycles. The number of alkyl halides is 3. The highest BCUT2D eigenvalue weighted by Gasteiger charge is 2.33. The van der Waals surface area contributed by atoms with Gasteiger partial charge in [0.2, 0.25) is 0 Å². The van der Waals surface area contributed by atoms with E-state index in [1.807, 2.05) is 0 Å². The van der Waals surface area contributed by atoms with Crippen LogP contribution in [0.4, 0.5) is 13.2 Å². The van der Waals surface area contributed by atoms with Crippen LogP contribution in [0.25, 0.3) is 0 Å². The van der Waals surface area contributed by atoms with E-state index in [0.717, 1.165) is 11.3 Å². The molecule has 0 saturated carbocycles. The fraction of sp³-hybridized carbons (Fsp3) is 0.267. The summed E-state index contributed by atoms with van der Waals surface area (Å²) >= 11 is 1.56.